The number of carbonyl (C=O) groups is 2. The number of aromatic nitrogens is 1. The molecule has 0 radical (unpaired) electrons. The fourth-order valence-electron chi connectivity index (χ4n) is 5.99. The number of rotatable bonds is 11. The third-order valence-corrected chi connectivity index (χ3v) is 7.75. The van der Waals surface area contributed by atoms with Crippen molar-refractivity contribution in [2.24, 2.45) is 11.1 Å². The lowest BCUT2D eigenvalue weighted by atomic mass is 9.74. The first kappa shape index (κ1) is 30.0. The second-order valence-electron chi connectivity index (χ2n) is 10.9. The molecule has 1 aliphatic rings. The van der Waals surface area contributed by atoms with Gasteiger partial charge in [-0.05, 0) is 75.4 Å². The lowest BCUT2D eigenvalue weighted by Gasteiger charge is -2.49. The van der Waals surface area contributed by atoms with Gasteiger partial charge in [0.25, 0.3) is 5.91 Å². The summed E-state index contributed by atoms with van der Waals surface area (Å²) in [6, 6.07) is 17.0. The molecule has 1 saturated heterocycles. The molecule has 4 N–H and O–H groups in total. The number of hydrogen-bond donors (Lipinski definition) is 4. The maximum absolute atomic E-state index is 13.4. The Morgan fingerprint density at radius 2 is 1.95 bits per heavy atom. The van der Waals surface area contributed by atoms with Crippen molar-refractivity contribution < 1.29 is 24.7 Å². The number of nitrogens with one attached hydrogen (secondary N) is 2. The van der Waals surface area contributed by atoms with Crippen LogP contribution in [0, 0.1) is 12.8 Å². The van der Waals surface area contributed by atoms with Crippen LogP contribution in [0.5, 0.6) is 5.75 Å². The third kappa shape index (κ3) is 7.39. The van der Waals surface area contributed by atoms with Crippen molar-refractivity contribution in [3.05, 3.63) is 71.4 Å². The topological polar surface area (TPSA) is 136 Å². The molecule has 10 heteroatoms. The molecule has 10 nitrogen and oxygen atoms in total. The van der Waals surface area contributed by atoms with Gasteiger partial charge in [0, 0.05) is 47.1 Å². The van der Waals surface area contributed by atoms with Crippen molar-refractivity contribution in [1.29, 1.82) is 0 Å². The Morgan fingerprint density at radius 3 is 2.66 bits per heavy atom. The van der Waals surface area contributed by atoms with E-state index in [1.54, 1.807) is 36.7 Å². The van der Waals surface area contributed by atoms with E-state index in [-0.39, 0.29) is 18.2 Å². The lowest BCUT2D eigenvalue weighted by Crippen LogP contribution is -2.61. The Bertz CT molecular complexity index is 1390. The van der Waals surface area contributed by atoms with Gasteiger partial charge in [0.2, 0.25) is 5.91 Å². The predicted molar refractivity (Wildman–Crippen MR) is 156 cm³/mol. The van der Waals surface area contributed by atoms with Crippen molar-refractivity contribution in [2.45, 2.75) is 71.4 Å². The molecule has 2 aromatic carbocycles. The molecule has 0 bridgehead atoms. The highest BCUT2D eigenvalue weighted by molar-refractivity contribution is 5.94. The van der Waals surface area contributed by atoms with Crippen molar-refractivity contribution in [3.63, 3.8) is 0 Å². The molecular formula is C31H39N5O5. The van der Waals surface area contributed by atoms with Crippen LogP contribution in [-0.2, 0) is 11.4 Å². The third-order valence-electron chi connectivity index (χ3n) is 7.75. The van der Waals surface area contributed by atoms with Gasteiger partial charge >= 0.3 is 0 Å². The fourth-order valence-corrected chi connectivity index (χ4v) is 5.99. The number of nitrogens with zero attached hydrogens (tertiary/aromatic N) is 3. The summed E-state index contributed by atoms with van der Waals surface area (Å²) in [6.07, 6.45) is 3.47. The summed E-state index contributed by atoms with van der Waals surface area (Å²) in [5, 5.41) is 24.8. The Morgan fingerprint density at radius 1 is 1.20 bits per heavy atom. The summed E-state index contributed by atoms with van der Waals surface area (Å²) in [4.78, 5) is 29.8. The van der Waals surface area contributed by atoms with Crippen LogP contribution in [0.2, 0.25) is 0 Å². The summed E-state index contributed by atoms with van der Waals surface area (Å²) >= 11 is 0. The van der Waals surface area contributed by atoms with Gasteiger partial charge in [0.1, 0.15) is 12.4 Å². The highest BCUT2D eigenvalue weighted by Crippen LogP contribution is 2.39. The number of ether oxygens (including phenoxy) is 1. The van der Waals surface area contributed by atoms with Crippen molar-refractivity contribution in [1.82, 2.24) is 20.9 Å². The van der Waals surface area contributed by atoms with E-state index in [0.29, 0.717) is 49.4 Å². The monoisotopic (exact) mass is 561 g/mol. The molecule has 0 saturated carbocycles. The Hall–Kier alpha value is -4.02. The largest absolute Gasteiger partial charge is 0.489 e. The van der Waals surface area contributed by atoms with E-state index >= 15 is 0 Å². The summed E-state index contributed by atoms with van der Waals surface area (Å²) in [5.74, 6) is -0.0119. The van der Waals surface area contributed by atoms with Gasteiger partial charge in [-0.2, -0.15) is 0 Å². The zero-order valence-corrected chi connectivity index (χ0v) is 23.9. The number of pyridine rings is 1. The molecule has 3 aromatic rings. The van der Waals surface area contributed by atoms with Gasteiger partial charge in [0.05, 0.1) is 11.2 Å². The van der Waals surface area contributed by atoms with E-state index in [0.717, 1.165) is 35.0 Å². The van der Waals surface area contributed by atoms with Gasteiger partial charge in [-0.25, -0.2) is 10.5 Å². The quantitative estimate of drug-likeness (QED) is 0.110. The number of aryl methyl sites for hydroxylation is 1. The molecule has 2 amide bonds. The minimum absolute atomic E-state index is 0.0195. The molecule has 0 unspecified atom stereocenters. The van der Waals surface area contributed by atoms with Crippen LogP contribution in [0.25, 0.3) is 10.9 Å². The van der Waals surface area contributed by atoms with Gasteiger partial charge in [-0.1, -0.05) is 36.7 Å². The first-order valence-corrected chi connectivity index (χ1v) is 14.0. The predicted octanol–water partition coefficient (Wildman–Crippen LogP) is 5.15. The average molecular weight is 562 g/mol. The molecular weight excluding hydrogens is 522 g/mol. The Labute approximate surface area is 240 Å². The number of hydroxylamine groups is 1. The molecule has 41 heavy (non-hydrogen) atoms. The number of carbonyl (C=O) groups excluding carboxylic acids is 2. The fraction of sp³-hybridized carbons (Fsp3) is 0.419. The van der Waals surface area contributed by atoms with Gasteiger partial charge in [-0.3, -0.25) is 25.2 Å². The lowest BCUT2D eigenvalue weighted by molar-refractivity contribution is -0.131. The highest BCUT2D eigenvalue weighted by atomic mass is 16.5. The molecule has 218 valence electrons. The molecule has 1 fully saturated rings. The van der Waals surface area contributed by atoms with Crippen molar-refractivity contribution in [3.8, 4) is 5.75 Å². The number of hydrazine groups is 1. The maximum Gasteiger partial charge on any atom is 0.265 e. The second kappa shape index (κ2) is 13.6. The first-order valence-electron chi connectivity index (χ1n) is 14.0. The maximum atomic E-state index is 13.4. The number of para-hydroxylation sites is 1. The molecule has 0 spiro atoms. The van der Waals surface area contributed by atoms with Gasteiger partial charge < -0.3 is 9.94 Å². The van der Waals surface area contributed by atoms with Gasteiger partial charge in [0.15, 0.2) is 0 Å². The molecule has 0 aliphatic carbocycles. The molecule has 1 aromatic heterocycles. The molecule has 2 atom stereocenters. The zero-order valence-electron chi connectivity index (χ0n) is 23.9. The van der Waals surface area contributed by atoms with Crippen LogP contribution in [0.3, 0.4) is 0 Å². The molecule has 4 rings (SSSR count). The minimum atomic E-state index is -0.534. The Kier molecular flexibility index (Phi) is 9.91. The van der Waals surface area contributed by atoms with Crippen LogP contribution in [-0.4, -0.2) is 50.0 Å². The highest BCUT2D eigenvalue weighted by Gasteiger charge is 2.43. The van der Waals surface area contributed by atoms with Crippen LogP contribution >= 0.6 is 0 Å². The summed E-state index contributed by atoms with van der Waals surface area (Å²) in [6.45, 7) is 6.67. The second-order valence-corrected chi connectivity index (χ2v) is 10.9. The first-order chi connectivity index (χ1) is 19.8. The van der Waals surface area contributed by atoms with E-state index in [1.807, 2.05) is 42.3 Å². The number of piperidine rings is 1. The summed E-state index contributed by atoms with van der Waals surface area (Å²) in [7, 11) is 0. The molecule has 2 heterocycles. The number of fused-ring (bicyclic) bond motifs is 1. The standard InChI is InChI=1S/C31H39N5O5/c1-4-14-31(18-22(3)34-39)19-23(17-29(37)35-40)13-15-36(31)33-30(38)24-9-11-26(12-10-24)41-20-25-16-21(2)32-28-8-6-5-7-27(25)28/h5-12,16,23,39-40H,4,13-15,17-20H2,1-3H3,(H,33,38)(H,35,37)/b34-22-/t23-,31-/m0/s1. The van der Waals surface area contributed by atoms with E-state index in [9.17, 15) is 14.8 Å². The normalized spacial score (nSPS) is 19.6. The molecule has 1 aliphatic heterocycles. The van der Waals surface area contributed by atoms with Crippen LogP contribution in [0.1, 0.15) is 74.0 Å². The van der Waals surface area contributed by atoms with E-state index < -0.39 is 11.4 Å². The zero-order chi connectivity index (χ0) is 29.4. The number of hydrogen-bond acceptors (Lipinski definition) is 8. The number of amides is 2. The SMILES string of the molecule is CCC[C@]1(C/C(C)=N\O)C[C@H](CC(=O)NO)CCN1NC(=O)c1ccc(OCc2cc(C)nc3ccccc23)cc1. The van der Waals surface area contributed by atoms with E-state index in [4.69, 9.17) is 9.94 Å². The van der Waals surface area contributed by atoms with Crippen molar-refractivity contribution >= 4 is 28.4 Å². The van der Waals surface area contributed by atoms with Crippen LogP contribution in [0.15, 0.2) is 59.8 Å². The van der Waals surface area contributed by atoms with Crippen LogP contribution < -0.4 is 15.6 Å². The van der Waals surface area contributed by atoms with Crippen LogP contribution in [0.4, 0.5) is 0 Å². The van der Waals surface area contributed by atoms with E-state index in [1.165, 1.54) is 0 Å². The average Bonchev–Trinajstić information content (AvgIpc) is 2.97. The summed E-state index contributed by atoms with van der Waals surface area (Å²) in [5.41, 5.74) is 8.21. The number of oxime groups is 1. The Balaban J connectivity index is 1.46. The van der Waals surface area contributed by atoms with Crippen molar-refractivity contribution in [2.75, 3.05) is 6.54 Å². The minimum Gasteiger partial charge on any atom is -0.489 e. The number of benzene rings is 2. The van der Waals surface area contributed by atoms with E-state index in [2.05, 4.69) is 22.5 Å². The summed E-state index contributed by atoms with van der Waals surface area (Å²) < 4.78 is 6.06. The smallest absolute Gasteiger partial charge is 0.265 e. The van der Waals surface area contributed by atoms with Gasteiger partial charge in [-0.15, -0.1) is 0 Å².